The van der Waals surface area contributed by atoms with Crippen molar-refractivity contribution >= 4 is 11.9 Å². The van der Waals surface area contributed by atoms with Gasteiger partial charge in [-0.05, 0) is 0 Å². The molecule has 0 aliphatic carbocycles. The number of esters is 1. The van der Waals surface area contributed by atoms with Crippen molar-refractivity contribution in [3.8, 4) is 0 Å². The van der Waals surface area contributed by atoms with Gasteiger partial charge in [0.2, 0.25) is 5.91 Å². The van der Waals surface area contributed by atoms with E-state index in [9.17, 15) is 54.9 Å². The van der Waals surface area contributed by atoms with Crippen LogP contribution in [0.3, 0.4) is 0 Å². The van der Waals surface area contributed by atoms with Gasteiger partial charge >= 0.3 is 11.7 Å². The number of aromatic nitrogens is 2. The third kappa shape index (κ3) is 6.45. The van der Waals surface area contributed by atoms with Crippen LogP contribution in [-0.4, -0.2) is 131 Å². The maximum atomic E-state index is 12.3. The summed E-state index contributed by atoms with van der Waals surface area (Å²) in [4.78, 5) is 49.0. The molecule has 9 N–H and O–H groups in total. The molecule has 17 nitrogen and oxygen atoms in total. The first-order valence-electron chi connectivity index (χ1n) is 11.6. The SMILES string of the molecule is CC(=O)N[C@@H]1[C@@H](O)[C@H](O)[C@@H](CO)O[C@@H]1CC(O)C(O)C(=O)OC[C@H]1O[C@@H](n2ccc(=O)[nH]c2=O)[C@H](O)[C@@H]1O. The monoisotopic (exact) mass is 549 g/mol. The number of aliphatic hydroxyl groups excluding tert-OH is 7. The highest BCUT2D eigenvalue weighted by Gasteiger charge is 2.47. The lowest BCUT2D eigenvalue weighted by molar-refractivity contribution is -0.204. The molecule has 11 atom stereocenters. The maximum Gasteiger partial charge on any atom is 0.337 e. The van der Waals surface area contributed by atoms with Gasteiger partial charge in [-0.25, -0.2) is 9.59 Å². The van der Waals surface area contributed by atoms with Crippen molar-refractivity contribution in [1.29, 1.82) is 0 Å². The number of hydrogen-bond acceptors (Lipinski definition) is 14. The molecule has 1 aromatic heterocycles. The lowest BCUT2D eigenvalue weighted by Gasteiger charge is -2.43. The topological polar surface area (TPSA) is 270 Å². The second-order valence-electron chi connectivity index (χ2n) is 9.04. The number of nitrogens with zero attached hydrogens (tertiary/aromatic N) is 1. The van der Waals surface area contributed by atoms with E-state index < -0.39 is 110 Å². The van der Waals surface area contributed by atoms with Gasteiger partial charge in [0.25, 0.3) is 5.56 Å². The summed E-state index contributed by atoms with van der Waals surface area (Å²) in [6.45, 7) is -0.281. The van der Waals surface area contributed by atoms with Crippen LogP contribution in [0.2, 0.25) is 0 Å². The average molecular weight is 549 g/mol. The standard InChI is InChI=1S/C21H31N3O14/c1-7(26)22-13-9(37-10(5-25)15(30)17(13)32)4-8(27)14(29)20(34)36-6-11-16(31)18(33)19(38-11)24-3-2-12(28)23-21(24)35/h2-3,8-11,13-19,25,27,29-33H,4-6H2,1H3,(H,22,26)(H,23,28,35)/t8?,9-,10-,11-,13+,14?,15-,16-,17-,18-,19-/m1/s1. The maximum absolute atomic E-state index is 12.3. The van der Waals surface area contributed by atoms with E-state index in [0.717, 1.165) is 23.8 Å². The molecule has 2 aliphatic rings. The Morgan fingerprint density at radius 2 is 1.71 bits per heavy atom. The van der Waals surface area contributed by atoms with Gasteiger partial charge in [-0.15, -0.1) is 0 Å². The molecule has 2 unspecified atom stereocenters. The van der Waals surface area contributed by atoms with Gasteiger partial charge in [0, 0.05) is 25.6 Å². The van der Waals surface area contributed by atoms with Crippen molar-refractivity contribution in [3.05, 3.63) is 33.1 Å². The number of aliphatic hydroxyl groups is 7. The lowest BCUT2D eigenvalue weighted by Crippen LogP contribution is -2.64. The average Bonchev–Trinajstić information content (AvgIpc) is 3.14. The fourth-order valence-corrected chi connectivity index (χ4v) is 4.31. The van der Waals surface area contributed by atoms with Gasteiger partial charge in [0.05, 0.1) is 24.9 Å². The van der Waals surface area contributed by atoms with Crippen molar-refractivity contribution in [3.63, 3.8) is 0 Å². The molecular weight excluding hydrogens is 518 g/mol. The van der Waals surface area contributed by atoms with E-state index in [1.807, 2.05) is 4.98 Å². The molecule has 2 fully saturated rings. The summed E-state index contributed by atoms with van der Waals surface area (Å²) in [6.07, 6.45) is -15.3. The number of aromatic amines is 1. The molecule has 38 heavy (non-hydrogen) atoms. The van der Waals surface area contributed by atoms with Gasteiger partial charge in [-0.1, -0.05) is 0 Å². The Morgan fingerprint density at radius 3 is 2.32 bits per heavy atom. The van der Waals surface area contributed by atoms with Crippen molar-refractivity contribution in [2.45, 2.75) is 80.5 Å². The Balaban J connectivity index is 1.60. The summed E-state index contributed by atoms with van der Waals surface area (Å²) in [7, 11) is 0. The highest BCUT2D eigenvalue weighted by molar-refractivity contribution is 5.75. The molecule has 0 radical (unpaired) electrons. The summed E-state index contributed by atoms with van der Waals surface area (Å²) >= 11 is 0. The fraction of sp³-hybridized carbons (Fsp3) is 0.714. The fourth-order valence-electron chi connectivity index (χ4n) is 4.31. The van der Waals surface area contributed by atoms with Gasteiger partial charge in [-0.2, -0.15) is 0 Å². The van der Waals surface area contributed by atoms with Crippen LogP contribution in [0.25, 0.3) is 0 Å². The van der Waals surface area contributed by atoms with E-state index in [1.165, 1.54) is 0 Å². The first-order valence-corrected chi connectivity index (χ1v) is 11.6. The van der Waals surface area contributed by atoms with Crippen LogP contribution in [0, 0.1) is 0 Å². The highest BCUT2D eigenvalue weighted by Crippen LogP contribution is 2.29. The first-order chi connectivity index (χ1) is 17.8. The number of ether oxygens (including phenoxy) is 3. The van der Waals surface area contributed by atoms with Crippen LogP contribution in [0.1, 0.15) is 19.6 Å². The molecule has 3 heterocycles. The number of hydrogen-bond donors (Lipinski definition) is 9. The molecule has 1 aromatic rings. The molecule has 17 heteroatoms. The Labute approximate surface area is 213 Å². The summed E-state index contributed by atoms with van der Waals surface area (Å²) in [5.74, 6) is -1.97. The van der Waals surface area contributed by atoms with Gasteiger partial charge in [0.15, 0.2) is 12.3 Å². The molecule has 0 bridgehead atoms. The summed E-state index contributed by atoms with van der Waals surface area (Å²) in [5.41, 5.74) is -1.62. The molecule has 0 aromatic carbocycles. The molecule has 1 amide bonds. The van der Waals surface area contributed by atoms with Gasteiger partial charge < -0.3 is 55.3 Å². The Morgan fingerprint density at radius 1 is 1.05 bits per heavy atom. The second kappa shape index (κ2) is 12.4. The molecule has 0 spiro atoms. The summed E-state index contributed by atoms with van der Waals surface area (Å²) in [5, 5.41) is 73.2. The van der Waals surface area contributed by atoms with E-state index in [0.29, 0.717) is 0 Å². The predicted octanol–water partition coefficient (Wildman–Crippen LogP) is -6.20. The number of carbonyl (C=O) groups excluding carboxylic acids is 2. The molecule has 2 saturated heterocycles. The quantitative estimate of drug-likeness (QED) is 0.130. The van der Waals surface area contributed by atoms with Gasteiger partial charge in [-0.3, -0.25) is 19.1 Å². The second-order valence-corrected chi connectivity index (χ2v) is 9.04. The normalized spacial score (nSPS) is 34.9. The van der Waals surface area contributed by atoms with Crippen LogP contribution < -0.4 is 16.6 Å². The van der Waals surface area contributed by atoms with Crippen molar-refractivity contribution in [1.82, 2.24) is 14.9 Å². The summed E-state index contributed by atoms with van der Waals surface area (Å²) in [6, 6.07) is -0.260. The van der Waals surface area contributed by atoms with E-state index in [4.69, 9.17) is 14.2 Å². The Hall–Kier alpha value is -2.74. The van der Waals surface area contributed by atoms with E-state index >= 15 is 0 Å². The molecule has 214 valence electrons. The molecule has 2 aliphatic heterocycles. The van der Waals surface area contributed by atoms with Crippen LogP contribution >= 0.6 is 0 Å². The van der Waals surface area contributed by atoms with Crippen molar-refractivity contribution < 1.29 is 59.5 Å². The van der Waals surface area contributed by atoms with Gasteiger partial charge in [0.1, 0.15) is 43.2 Å². The third-order valence-corrected chi connectivity index (χ3v) is 6.33. The van der Waals surface area contributed by atoms with Crippen LogP contribution in [0.5, 0.6) is 0 Å². The first kappa shape index (κ1) is 29.8. The van der Waals surface area contributed by atoms with E-state index in [1.54, 1.807) is 0 Å². The number of H-pyrrole nitrogens is 1. The minimum absolute atomic E-state index is 0.542. The number of nitrogens with one attached hydrogen (secondary N) is 2. The van der Waals surface area contributed by atoms with E-state index in [2.05, 4.69) is 5.32 Å². The van der Waals surface area contributed by atoms with Crippen LogP contribution in [0.4, 0.5) is 0 Å². The van der Waals surface area contributed by atoms with E-state index in [-0.39, 0.29) is 0 Å². The molecular formula is C21H31N3O14. The van der Waals surface area contributed by atoms with Crippen LogP contribution in [-0.2, 0) is 23.8 Å². The predicted molar refractivity (Wildman–Crippen MR) is 120 cm³/mol. The number of carbonyl (C=O) groups is 2. The molecule has 0 saturated carbocycles. The van der Waals surface area contributed by atoms with Crippen LogP contribution in [0.15, 0.2) is 21.9 Å². The van der Waals surface area contributed by atoms with Crippen molar-refractivity contribution in [2.24, 2.45) is 0 Å². The minimum Gasteiger partial charge on any atom is -0.461 e. The van der Waals surface area contributed by atoms with Crippen molar-refractivity contribution in [2.75, 3.05) is 13.2 Å². The molecule has 3 rings (SSSR count). The lowest BCUT2D eigenvalue weighted by atomic mass is 9.89. The third-order valence-electron chi connectivity index (χ3n) is 6.33. The minimum atomic E-state index is -2.17. The zero-order valence-electron chi connectivity index (χ0n) is 20.1. The number of amides is 1. The Bertz CT molecular complexity index is 1090. The smallest absolute Gasteiger partial charge is 0.337 e. The zero-order chi connectivity index (χ0) is 28.3. The Kier molecular flexibility index (Phi) is 9.74. The zero-order valence-corrected chi connectivity index (χ0v) is 20.1. The summed E-state index contributed by atoms with van der Waals surface area (Å²) < 4.78 is 16.5. The number of rotatable bonds is 9. The highest BCUT2D eigenvalue weighted by atomic mass is 16.6. The largest absolute Gasteiger partial charge is 0.461 e.